The third kappa shape index (κ3) is 2.07. The Balaban J connectivity index is 2.20. The molecule has 1 fully saturated rings. The highest BCUT2D eigenvalue weighted by Gasteiger charge is 2.34. The molecule has 1 aliphatic rings. The second-order valence-electron chi connectivity index (χ2n) is 3.69. The Morgan fingerprint density at radius 1 is 1.38 bits per heavy atom. The van der Waals surface area contributed by atoms with Gasteiger partial charge in [-0.3, -0.25) is 9.59 Å². The van der Waals surface area contributed by atoms with Gasteiger partial charge in [-0.2, -0.15) is 0 Å². The van der Waals surface area contributed by atoms with Crippen LogP contribution >= 0.6 is 11.6 Å². The summed E-state index contributed by atoms with van der Waals surface area (Å²) in [6.07, 6.45) is 0.125. The lowest BCUT2D eigenvalue weighted by molar-refractivity contribution is -0.120. The van der Waals surface area contributed by atoms with Crippen molar-refractivity contribution in [2.75, 3.05) is 11.4 Å². The van der Waals surface area contributed by atoms with E-state index in [9.17, 15) is 14.0 Å². The van der Waals surface area contributed by atoms with Crippen LogP contribution in [-0.4, -0.2) is 17.7 Å². The zero-order chi connectivity index (χ0) is 11.7. The van der Waals surface area contributed by atoms with E-state index in [0.717, 1.165) is 0 Å². The summed E-state index contributed by atoms with van der Waals surface area (Å²) in [5.74, 6) is -0.981. The Kier molecular flexibility index (Phi) is 2.92. The largest absolute Gasteiger partial charge is 0.312 e. The Morgan fingerprint density at radius 3 is 2.50 bits per heavy atom. The summed E-state index contributed by atoms with van der Waals surface area (Å²) in [6, 6.07) is 5.57. The molecule has 0 N–H and O–H groups in total. The smallest absolute Gasteiger partial charge is 0.227 e. The predicted molar refractivity (Wildman–Crippen MR) is 57.7 cm³/mol. The molecule has 0 aromatic heterocycles. The van der Waals surface area contributed by atoms with Crippen molar-refractivity contribution in [2.24, 2.45) is 5.92 Å². The summed E-state index contributed by atoms with van der Waals surface area (Å²) in [5, 5.41) is -0.502. The molecule has 1 aliphatic heterocycles. The van der Waals surface area contributed by atoms with E-state index in [4.69, 9.17) is 11.6 Å². The molecule has 0 spiro atoms. The number of carbonyl (C=O) groups is 2. The van der Waals surface area contributed by atoms with E-state index in [1.165, 1.54) is 29.2 Å². The van der Waals surface area contributed by atoms with E-state index in [2.05, 4.69) is 0 Å². The van der Waals surface area contributed by atoms with Gasteiger partial charge < -0.3 is 4.90 Å². The van der Waals surface area contributed by atoms with Gasteiger partial charge >= 0.3 is 0 Å². The first kappa shape index (κ1) is 11.1. The highest BCUT2D eigenvalue weighted by Crippen LogP contribution is 2.26. The molecule has 16 heavy (non-hydrogen) atoms. The number of carbonyl (C=O) groups excluding carboxylic acids is 2. The minimum Gasteiger partial charge on any atom is -0.312 e. The average molecular weight is 242 g/mol. The normalized spacial score (nSPS) is 20.2. The molecule has 1 saturated heterocycles. The van der Waals surface area contributed by atoms with Crippen LogP contribution in [0.5, 0.6) is 0 Å². The van der Waals surface area contributed by atoms with E-state index in [-0.39, 0.29) is 24.7 Å². The molecule has 2 rings (SSSR count). The summed E-state index contributed by atoms with van der Waals surface area (Å²) < 4.78 is 12.7. The number of hydrogen-bond acceptors (Lipinski definition) is 2. The molecule has 0 unspecified atom stereocenters. The van der Waals surface area contributed by atoms with Crippen LogP contribution in [0.4, 0.5) is 10.1 Å². The number of hydrogen-bond donors (Lipinski definition) is 0. The van der Waals surface area contributed by atoms with Crippen molar-refractivity contribution in [3.8, 4) is 0 Å². The van der Waals surface area contributed by atoms with Gasteiger partial charge in [0.15, 0.2) is 0 Å². The first-order chi connectivity index (χ1) is 7.58. The second kappa shape index (κ2) is 4.22. The number of amides is 1. The van der Waals surface area contributed by atoms with Crippen LogP contribution in [0.2, 0.25) is 0 Å². The quantitative estimate of drug-likeness (QED) is 0.742. The topological polar surface area (TPSA) is 37.4 Å². The van der Waals surface area contributed by atoms with Crippen LogP contribution in [-0.2, 0) is 9.59 Å². The van der Waals surface area contributed by atoms with E-state index < -0.39 is 11.2 Å². The molecule has 0 saturated carbocycles. The maximum Gasteiger partial charge on any atom is 0.227 e. The Morgan fingerprint density at radius 2 is 2.00 bits per heavy atom. The number of halogens is 2. The third-order valence-electron chi connectivity index (χ3n) is 2.58. The molecule has 0 bridgehead atoms. The molecule has 1 heterocycles. The SMILES string of the molecule is O=C(Cl)[C@@H]1CC(=O)N(c2ccc(F)cc2)C1. The van der Waals surface area contributed by atoms with Gasteiger partial charge in [0.25, 0.3) is 0 Å². The van der Waals surface area contributed by atoms with Gasteiger partial charge in [0.2, 0.25) is 11.1 Å². The number of benzene rings is 1. The fraction of sp³-hybridized carbons (Fsp3) is 0.273. The van der Waals surface area contributed by atoms with E-state index in [0.29, 0.717) is 5.69 Å². The molecule has 0 radical (unpaired) electrons. The standard InChI is InChI=1S/C11H9ClFNO2/c12-11(16)7-5-10(15)14(6-7)9-3-1-8(13)2-4-9/h1-4,7H,5-6H2/t7-/m1/s1. The van der Waals surface area contributed by atoms with Crippen LogP contribution in [0.1, 0.15) is 6.42 Å². The highest BCUT2D eigenvalue weighted by molar-refractivity contribution is 6.64. The summed E-state index contributed by atoms with van der Waals surface area (Å²) in [5.41, 5.74) is 0.590. The van der Waals surface area contributed by atoms with Crippen molar-refractivity contribution < 1.29 is 14.0 Å². The zero-order valence-corrected chi connectivity index (χ0v) is 9.08. The maximum absolute atomic E-state index is 12.7. The van der Waals surface area contributed by atoms with Gasteiger partial charge in [0.1, 0.15) is 5.82 Å². The van der Waals surface area contributed by atoms with Crippen molar-refractivity contribution in [2.45, 2.75) is 6.42 Å². The highest BCUT2D eigenvalue weighted by atomic mass is 35.5. The molecule has 84 valence electrons. The third-order valence-corrected chi connectivity index (χ3v) is 2.89. The van der Waals surface area contributed by atoms with Gasteiger partial charge in [-0.15, -0.1) is 0 Å². The van der Waals surface area contributed by atoms with E-state index >= 15 is 0 Å². The summed E-state index contributed by atoms with van der Waals surface area (Å²) >= 11 is 5.35. The molecule has 1 atom stereocenters. The Bertz CT molecular complexity index is 432. The lowest BCUT2D eigenvalue weighted by Crippen LogP contribution is -2.25. The first-order valence-corrected chi connectivity index (χ1v) is 5.21. The van der Waals surface area contributed by atoms with Crippen LogP contribution < -0.4 is 4.90 Å². The monoisotopic (exact) mass is 241 g/mol. The van der Waals surface area contributed by atoms with Crippen molar-refractivity contribution in [1.29, 1.82) is 0 Å². The van der Waals surface area contributed by atoms with Crippen molar-refractivity contribution in [1.82, 2.24) is 0 Å². The van der Waals surface area contributed by atoms with Gasteiger partial charge in [0.05, 0.1) is 5.92 Å². The Labute approximate surface area is 96.8 Å². The van der Waals surface area contributed by atoms with Crippen molar-refractivity contribution >= 4 is 28.4 Å². The first-order valence-electron chi connectivity index (χ1n) is 4.83. The molecule has 5 heteroatoms. The molecular weight excluding hydrogens is 233 g/mol. The molecule has 1 aromatic carbocycles. The Hall–Kier alpha value is -1.42. The van der Waals surface area contributed by atoms with Gasteiger partial charge in [-0.1, -0.05) is 0 Å². The summed E-state index contributed by atoms with van der Waals surface area (Å²) in [4.78, 5) is 24.0. The van der Waals surface area contributed by atoms with E-state index in [1.807, 2.05) is 0 Å². The van der Waals surface area contributed by atoms with Gasteiger partial charge in [-0.25, -0.2) is 4.39 Å². The fourth-order valence-corrected chi connectivity index (χ4v) is 1.88. The van der Waals surface area contributed by atoms with E-state index in [1.54, 1.807) is 0 Å². The fourth-order valence-electron chi connectivity index (χ4n) is 1.73. The van der Waals surface area contributed by atoms with Gasteiger partial charge in [0, 0.05) is 18.7 Å². The number of anilines is 1. The molecular formula is C11H9ClFNO2. The maximum atomic E-state index is 12.7. The van der Waals surface area contributed by atoms with Crippen molar-refractivity contribution in [3.63, 3.8) is 0 Å². The predicted octanol–water partition coefficient (Wildman–Crippen LogP) is 1.94. The van der Waals surface area contributed by atoms with Crippen LogP contribution in [0.25, 0.3) is 0 Å². The zero-order valence-electron chi connectivity index (χ0n) is 8.32. The number of rotatable bonds is 2. The minimum absolute atomic E-state index is 0.125. The second-order valence-corrected chi connectivity index (χ2v) is 4.06. The average Bonchev–Trinajstić information content (AvgIpc) is 2.62. The molecule has 3 nitrogen and oxygen atoms in total. The van der Waals surface area contributed by atoms with Crippen LogP contribution in [0.3, 0.4) is 0 Å². The lowest BCUT2D eigenvalue weighted by Gasteiger charge is -2.15. The molecule has 1 aromatic rings. The van der Waals surface area contributed by atoms with Crippen molar-refractivity contribution in [3.05, 3.63) is 30.1 Å². The van der Waals surface area contributed by atoms with Gasteiger partial charge in [-0.05, 0) is 35.9 Å². The lowest BCUT2D eigenvalue weighted by atomic mass is 10.1. The molecule has 0 aliphatic carbocycles. The summed E-state index contributed by atoms with van der Waals surface area (Å²) in [6.45, 7) is 0.271. The minimum atomic E-state index is -0.502. The summed E-state index contributed by atoms with van der Waals surface area (Å²) in [7, 11) is 0. The molecule has 1 amide bonds. The van der Waals surface area contributed by atoms with Crippen LogP contribution in [0, 0.1) is 11.7 Å². The number of nitrogens with zero attached hydrogens (tertiary/aromatic N) is 1. The van der Waals surface area contributed by atoms with Crippen LogP contribution in [0.15, 0.2) is 24.3 Å².